The van der Waals surface area contributed by atoms with E-state index in [9.17, 15) is 18.4 Å². The third kappa shape index (κ3) is 3.53. The van der Waals surface area contributed by atoms with Crippen LogP contribution in [0.5, 0.6) is 0 Å². The minimum atomic E-state index is -1.02. The first-order chi connectivity index (χ1) is 13.3. The van der Waals surface area contributed by atoms with Crippen LogP contribution in [0.2, 0.25) is 0 Å². The summed E-state index contributed by atoms with van der Waals surface area (Å²) in [6.45, 7) is 3.74. The molecule has 0 heterocycles. The molecular formula is C22H28F2N2O2. The van der Waals surface area contributed by atoms with Gasteiger partial charge in [-0.3, -0.25) is 9.59 Å². The summed E-state index contributed by atoms with van der Waals surface area (Å²) < 4.78 is 26.5. The van der Waals surface area contributed by atoms with Crippen LogP contribution >= 0.6 is 0 Å². The highest BCUT2D eigenvalue weighted by atomic mass is 19.2. The number of anilines is 1. The number of rotatable bonds is 5. The predicted molar refractivity (Wildman–Crippen MR) is 102 cm³/mol. The number of halogens is 2. The molecule has 2 amide bonds. The molecule has 0 unspecified atom stereocenters. The van der Waals surface area contributed by atoms with Gasteiger partial charge in [-0.25, -0.2) is 8.78 Å². The van der Waals surface area contributed by atoms with Crippen molar-refractivity contribution in [3.8, 4) is 0 Å². The molecule has 1 atom stereocenters. The van der Waals surface area contributed by atoms with E-state index in [-0.39, 0.29) is 22.9 Å². The average molecular weight is 390 g/mol. The molecule has 4 aliphatic carbocycles. The summed E-state index contributed by atoms with van der Waals surface area (Å²) in [6, 6.07) is 2.53. The molecule has 6 heteroatoms. The van der Waals surface area contributed by atoms with Gasteiger partial charge in [-0.05, 0) is 74.3 Å². The summed E-state index contributed by atoms with van der Waals surface area (Å²) in [5, 5.41) is 5.61. The van der Waals surface area contributed by atoms with E-state index in [0.717, 1.165) is 31.4 Å². The van der Waals surface area contributed by atoms with Crippen LogP contribution < -0.4 is 10.6 Å². The lowest BCUT2D eigenvalue weighted by atomic mass is 9.49. The Bertz CT molecular complexity index is 757. The molecule has 4 bridgehead atoms. The van der Waals surface area contributed by atoms with Gasteiger partial charge in [0.05, 0.1) is 0 Å². The van der Waals surface area contributed by atoms with Gasteiger partial charge < -0.3 is 10.6 Å². The molecule has 4 aliphatic rings. The second-order valence-corrected chi connectivity index (χ2v) is 9.51. The predicted octanol–water partition coefficient (Wildman–Crippen LogP) is 4.26. The van der Waals surface area contributed by atoms with Gasteiger partial charge in [-0.1, -0.05) is 13.8 Å². The second-order valence-electron chi connectivity index (χ2n) is 9.51. The monoisotopic (exact) mass is 390 g/mol. The van der Waals surface area contributed by atoms with Crippen molar-refractivity contribution in [1.29, 1.82) is 0 Å². The number of amides is 2. The van der Waals surface area contributed by atoms with Crippen LogP contribution in [-0.4, -0.2) is 17.9 Å². The van der Waals surface area contributed by atoms with E-state index in [1.54, 1.807) is 0 Å². The van der Waals surface area contributed by atoms with E-state index in [0.29, 0.717) is 17.8 Å². The Kier molecular flexibility index (Phi) is 4.92. The Morgan fingerprint density at radius 3 is 2.07 bits per heavy atom. The maximum atomic E-state index is 13.4. The van der Waals surface area contributed by atoms with Crippen LogP contribution in [0.15, 0.2) is 18.2 Å². The maximum absolute atomic E-state index is 13.4. The van der Waals surface area contributed by atoms with Crippen LogP contribution in [-0.2, 0) is 9.59 Å². The number of hydrogen-bond donors (Lipinski definition) is 2. The third-order valence-electron chi connectivity index (χ3n) is 6.94. The third-order valence-corrected chi connectivity index (χ3v) is 6.94. The van der Waals surface area contributed by atoms with Crippen molar-refractivity contribution in [3.05, 3.63) is 29.8 Å². The van der Waals surface area contributed by atoms with E-state index in [4.69, 9.17) is 0 Å². The Labute approximate surface area is 164 Å². The molecule has 0 spiro atoms. The first-order valence-corrected chi connectivity index (χ1v) is 10.3. The summed E-state index contributed by atoms with van der Waals surface area (Å²) in [5.74, 6) is -0.584. The van der Waals surface area contributed by atoms with Crippen molar-refractivity contribution in [2.45, 2.75) is 58.4 Å². The summed E-state index contributed by atoms with van der Waals surface area (Å²) in [4.78, 5) is 26.0. The van der Waals surface area contributed by atoms with Gasteiger partial charge in [-0.2, -0.15) is 0 Å². The maximum Gasteiger partial charge on any atom is 0.247 e. The number of benzene rings is 1. The Morgan fingerprint density at radius 1 is 1.00 bits per heavy atom. The molecule has 1 aromatic rings. The Hall–Kier alpha value is -1.98. The fraction of sp³-hybridized carbons (Fsp3) is 0.636. The highest BCUT2D eigenvalue weighted by molar-refractivity contribution is 5.98. The van der Waals surface area contributed by atoms with Gasteiger partial charge in [0.2, 0.25) is 11.8 Å². The number of hydrogen-bond acceptors (Lipinski definition) is 2. The molecule has 0 radical (unpaired) electrons. The van der Waals surface area contributed by atoms with Crippen molar-refractivity contribution in [1.82, 2.24) is 5.32 Å². The summed E-state index contributed by atoms with van der Waals surface area (Å²) in [7, 11) is 0. The lowest BCUT2D eigenvalue weighted by Gasteiger charge is -2.55. The zero-order chi connectivity index (χ0) is 20.1. The van der Waals surface area contributed by atoms with Gasteiger partial charge in [-0.15, -0.1) is 0 Å². The average Bonchev–Trinajstić information content (AvgIpc) is 2.61. The first-order valence-electron chi connectivity index (χ1n) is 10.3. The first kappa shape index (κ1) is 19.3. The van der Waals surface area contributed by atoms with E-state index in [1.165, 1.54) is 25.3 Å². The van der Waals surface area contributed by atoms with Crippen LogP contribution in [0, 0.1) is 40.7 Å². The summed E-state index contributed by atoms with van der Waals surface area (Å²) in [6.07, 6.45) is 6.53. The fourth-order valence-electron chi connectivity index (χ4n) is 6.01. The van der Waals surface area contributed by atoms with Crippen molar-refractivity contribution in [3.63, 3.8) is 0 Å². The molecule has 4 fully saturated rings. The standard InChI is InChI=1S/C22H28F2N2O2/c1-12(2)19(20(27)25-16-3-4-17(23)18(24)8-16)26-21(28)22-9-13-5-14(10-22)7-15(6-13)11-22/h3-4,8,12-15,19H,5-7,9-11H2,1-2H3,(H,25,27)(H,26,28)/t13?,14?,15?,19-,22?/m1/s1. The molecule has 4 saturated carbocycles. The molecule has 2 N–H and O–H groups in total. The second kappa shape index (κ2) is 7.12. The molecule has 152 valence electrons. The number of carbonyl (C=O) groups is 2. The highest BCUT2D eigenvalue weighted by Crippen LogP contribution is 2.60. The van der Waals surface area contributed by atoms with E-state index < -0.39 is 23.6 Å². The topological polar surface area (TPSA) is 58.2 Å². The zero-order valence-electron chi connectivity index (χ0n) is 16.4. The van der Waals surface area contributed by atoms with Crippen molar-refractivity contribution in [2.75, 3.05) is 5.32 Å². The molecule has 0 aromatic heterocycles. The van der Waals surface area contributed by atoms with Gasteiger partial charge in [0, 0.05) is 17.2 Å². The highest BCUT2D eigenvalue weighted by Gasteiger charge is 2.55. The van der Waals surface area contributed by atoms with Crippen LogP contribution in [0.25, 0.3) is 0 Å². The minimum Gasteiger partial charge on any atom is -0.344 e. The van der Waals surface area contributed by atoms with Crippen molar-refractivity contribution >= 4 is 17.5 Å². The largest absolute Gasteiger partial charge is 0.344 e. The van der Waals surface area contributed by atoms with Gasteiger partial charge in [0.25, 0.3) is 0 Å². The van der Waals surface area contributed by atoms with Crippen LogP contribution in [0.3, 0.4) is 0 Å². The van der Waals surface area contributed by atoms with Gasteiger partial charge in [0.1, 0.15) is 6.04 Å². The molecular weight excluding hydrogens is 362 g/mol. The van der Waals surface area contributed by atoms with Crippen LogP contribution in [0.4, 0.5) is 14.5 Å². The number of nitrogens with one attached hydrogen (secondary N) is 2. The fourth-order valence-corrected chi connectivity index (χ4v) is 6.01. The van der Waals surface area contributed by atoms with E-state index >= 15 is 0 Å². The van der Waals surface area contributed by atoms with E-state index in [1.807, 2.05) is 13.8 Å². The van der Waals surface area contributed by atoms with E-state index in [2.05, 4.69) is 10.6 Å². The molecule has 1 aromatic carbocycles. The Balaban J connectivity index is 1.46. The number of carbonyl (C=O) groups excluding carboxylic acids is 2. The van der Waals surface area contributed by atoms with Gasteiger partial charge >= 0.3 is 0 Å². The zero-order valence-corrected chi connectivity index (χ0v) is 16.4. The molecule has 4 nitrogen and oxygen atoms in total. The lowest BCUT2D eigenvalue weighted by molar-refractivity contribution is -0.148. The quantitative estimate of drug-likeness (QED) is 0.789. The van der Waals surface area contributed by atoms with Gasteiger partial charge in [0.15, 0.2) is 11.6 Å². The SMILES string of the molecule is CC(C)[C@@H](NC(=O)C12CC3CC(CC(C3)C1)C2)C(=O)Nc1ccc(F)c(F)c1. The summed E-state index contributed by atoms with van der Waals surface area (Å²) >= 11 is 0. The lowest BCUT2D eigenvalue weighted by Crippen LogP contribution is -2.57. The summed E-state index contributed by atoms with van der Waals surface area (Å²) in [5.41, 5.74) is -0.150. The normalized spacial score (nSPS) is 31.7. The molecule has 0 aliphatic heterocycles. The Morgan fingerprint density at radius 2 is 1.57 bits per heavy atom. The van der Waals surface area contributed by atoms with Crippen LogP contribution in [0.1, 0.15) is 52.4 Å². The molecule has 0 saturated heterocycles. The van der Waals surface area contributed by atoms with Crippen molar-refractivity contribution < 1.29 is 18.4 Å². The molecule has 28 heavy (non-hydrogen) atoms. The smallest absolute Gasteiger partial charge is 0.247 e. The molecule has 5 rings (SSSR count). The minimum absolute atomic E-state index is 0.00858. The van der Waals surface area contributed by atoms with Crippen molar-refractivity contribution in [2.24, 2.45) is 29.1 Å².